The number of hydrogen-bond donors (Lipinski definition) is 1. The van der Waals surface area contributed by atoms with Crippen LogP contribution in [0, 0.1) is 5.41 Å². The molecule has 0 aliphatic heterocycles. The SMILES string of the molecule is COC1(C)CC(N(C)C(=O)[C@H](C)N)C1(C)C. The molecule has 0 aromatic heterocycles. The zero-order chi connectivity index (χ0) is 12.7. The average Bonchev–Trinajstić information content (AvgIpc) is 2.22. The molecular weight excluding hydrogens is 204 g/mol. The van der Waals surface area contributed by atoms with Crippen LogP contribution in [0.15, 0.2) is 0 Å². The Balaban J connectivity index is 2.77. The van der Waals surface area contributed by atoms with Crippen LogP contribution >= 0.6 is 0 Å². The largest absolute Gasteiger partial charge is 0.378 e. The van der Waals surface area contributed by atoms with E-state index in [1.165, 1.54) is 0 Å². The maximum absolute atomic E-state index is 11.8. The quantitative estimate of drug-likeness (QED) is 0.784. The van der Waals surface area contributed by atoms with Gasteiger partial charge in [-0.05, 0) is 20.3 Å². The molecule has 0 aromatic rings. The molecule has 0 saturated heterocycles. The number of carbonyl (C=O) groups is 1. The Morgan fingerprint density at radius 2 is 2.00 bits per heavy atom. The van der Waals surface area contributed by atoms with Gasteiger partial charge in [0.25, 0.3) is 0 Å². The highest BCUT2D eigenvalue weighted by Gasteiger charge is 2.59. The molecule has 0 spiro atoms. The molecular formula is C12H24N2O2. The maximum atomic E-state index is 11.8. The topological polar surface area (TPSA) is 55.6 Å². The summed E-state index contributed by atoms with van der Waals surface area (Å²) < 4.78 is 5.54. The van der Waals surface area contributed by atoms with Crippen LogP contribution in [0.2, 0.25) is 0 Å². The van der Waals surface area contributed by atoms with Gasteiger partial charge in [0.2, 0.25) is 5.91 Å². The van der Waals surface area contributed by atoms with Crippen molar-refractivity contribution in [1.82, 2.24) is 4.90 Å². The summed E-state index contributed by atoms with van der Waals surface area (Å²) in [6.45, 7) is 8.08. The molecule has 0 bridgehead atoms. The molecule has 2 unspecified atom stereocenters. The second kappa shape index (κ2) is 4.00. The smallest absolute Gasteiger partial charge is 0.239 e. The van der Waals surface area contributed by atoms with Crippen LogP contribution in [-0.4, -0.2) is 42.6 Å². The molecule has 0 aromatic carbocycles. The summed E-state index contributed by atoms with van der Waals surface area (Å²) in [5, 5.41) is 0. The fraction of sp³-hybridized carbons (Fsp3) is 0.917. The summed E-state index contributed by atoms with van der Waals surface area (Å²) >= 11 is 0. The third-order valence-corrected chi connectivity index (χ3v) is 4.43. The van der Waals surface area contributed by atoms with Crippen molar-refractivity contribution in [3.63, 3.8) is 0 Å². The summed E-state index contributed by atoms with van der Waals surface area (Å²) in [7, 11) is 3.55. The van der Waals surface area contributed by atoms with Crippen LogP contribution in [0.25, 0.3) is 0 Å². The van der Waals surface area contributed by atoms with E-state index in [9.17, 15) is 4.79 Å². The highest BCUT2D eigenvalue weighted by atomic mass is 16.5. The first kappa shape index (κ1) is 13.5. The van der Waals surface area contributed by atoms with Gasteiger partial charge in [0.05, 0.1) is 11.6 Å². The van der Waals surface area contributed by atoms with E-state index in [4.69, 9.17) is 10.5 Å². The van der Waals surface area contributed by atoms with Crippen molar-refractivity contribution in [2.45, 2.75) is 51.8 Å². The van der Waals surface area contributed by atoms with Crippen molar-refractivity contribution < 1.29 is 9.53 Å². The Bertz CT molecular complexity index is 289. The number of carbonyl (C=O) groups excluding carboxylic acids is 1. The Morgan fingerprint density at radius 1 is 1.50 bits per heavy atom. The van der Waals surface area contributed by atoms with Crippen LogP contribution < -0.4 is 5.73 Å². The molecule has 94 valence electrons. The second-order valence-electron chi connectivity index (χ2n) is 5.61. The third kappa shape index (κ3) is 1.74. The van der Waals surface area contributed by atoms with Gasteiger partial charge in [-0.1, -0.05) is 13.8 Å². The number of methoxy groups -OCH3 is 1. The lowest BCUT2D eigenvalue weighted by atomic mass is 9.55. The van der Waals surface area contributed by atoms with Crippen molar-refractivity contribution in [2.24, 2.45) is 11.1 Å². The molecule has 1 aliphatic rings. The summed E-state index contributed by atoms with van der Waals surface area (Å²) in [6.07, 6.45) is 0.867. The van der Waals surface area contributed by atoms with Crippen molar-refractivity contribution in [3.05, 3.63) is 0 Å². The lowest BCUT2D eigenvalue weighted by molar-refractivity contribution is -0.207. The van der Waals surface area contributed by atoms with Crippen LogP contribution in [0.3, 0.4) is 0 Å². The number of likely N-dealkylation sites (N-methyl/N-ethyl adjacent to an activating group) is 1. The van der Waals surface area contributed by atoms with Crippen LogP contribution in [0.5, 0.6) is 0 Å². The highest BCUT2D eigenvalue weighted by Crippen LogP contribution is 2.53. The molecule has 4 heteroatoms. The van der Waals surface area contributed by atoms with Gasteiger partial charge >= 0.3 is 0 Å². The van der Waals surface area contributed by atoms with E-state index in [2.05, 4.69) is 20.8 Å². The summed E-state index contributed by atoms with van der Waals surface area (Å²) in [6, 6.07) is -0.230. The minimum absolute atomic E-state index is 0.00349. The predicted octanol–water partition coefficient (Wildman–Crippen LogP) is 0.996. The lowest BCUT2D eigenvalue weighted by Gasteiger charge is -2.61. The van der Waals surface area contributed by atoms with E-state index in [1.807, 2.05) is 7.05 Å². The monoisotopic (exact) mass is 228 g/mol. The van der Waals surface area contributed by atoms with E-state index in [0.717, 1.165) is 6.42 Å². The second-order valence-corrected chi connectivity index (χ2v) is 5.61. The lowest BCUT2D eigenvalue weighted by Crippen LogP contribution is -2.69. The molecule has 2 N–H and O–H groups in total. The minimum atomic E-state index is -0.435. The number of nitrogens with two attached hydrogens (primary N) is 1. The van der Waals surface area contributed by atoms with E-state index in [1.54, 1.807) is 18.9 Å². The Labute approximate surface area is 98.1 Å². The van der Waals surface area contributed by atoms with Gasteiger partial charge in [-0.25, -0.2) is 0 Å². The Kier molecular flexibility index (Phi) is 3.37. The van der Waals surface area contributed by atoms with Gasteiger partial charge < -0.3 is 15.4 Å². The zero-order valence-corrected chi connectivity index (χ0v) is 11.2. The molecule has 4 nitrogen and oxygen atoms in total. The summed E-state index contributed by atoms with van der Waals surface area (Å²) in [5.74, 6) is -0.00349. The summed E-state index contributed by atoms with van der Waals surface area (Å²) in [5.41, 5.74) is 5.43. The van der Waals surface area contributed by atoms with Crippen LogP contribution in [0.4, 0.5) is 0 Å². The van der Waals surface area contributed by atoms with E-state index >= 15 is 0 Å². The molecule has 1 fully saturated rings. The first-order valence-electron chi connectivity index (χ1n) is 5.75. The van der Waals surface area contributed by atoms with Gasteiger partial charge in [0.15, 0.2) is 0 Å². The first-order valence-corrected chi connectivity index (χ1v) is 5.75. The molecule has 1 amide bonds. The van der Waals surface area contributed by atoms with Crippen molar-refractivity contribution in [2.75, 3.05) is 14.2 Å². The zero-order valence-electron chi connectivity index (χ0n) is 11.2. The fourth-order valence-corrected chi connectivity index (χ4v) is 2.55. The van der Waals surface area contributed by atoms with E-state index in [0.29, 0.717) is 0 Å². The maximum Gasteiger partial charge on any atom is 0.239 e. The standard InChI is InChI=1S/C12H24N2O2/c1-8(13)10(15)14(5)9-7-12(4,16-6)11(9,2)3/h8-9H,7,13H2,1-6H3/t8-,9?,12?/m0/s1. The van der Waals surface area contributed by atoms with Gasteiger partial charge in [-0.15, -0.1) is 0 Å². The molecule has 3 atom stereocenters. The van der Waals surface area contributed by atoms with Crippen molar-refractivity contribution >= 4 is 5.91 Å². The van der Waals surface area contributed by atoms with Crippen LogP contribution in [-0.2, 0) is 9.53 Å². The fourth-order valence-electron chi connectivity index (χ4n) is 2.55. The molecule has 0 radical (unpaired) electrons. The third-order valence-electron chi connectivity index (χ3n) is 4.43. The van der Waals surface area contributed by atoms with Crippen LogP contribution in [0.1, 0.15) is 34.1 Å². The van der Waals surface area contributed by atoms with Gasteiger partial charge in [0.1, 0.15) is 0 Å². The Morgan fingerprint density at radius 3 is 2.31 bits per heavy atom. The van der Waals surface area contributed by atoms with E-state index < -0.39 is 6.04 Å². The first-order chi connectivity index (χ1) is 7.17. The molecule has 1 saturated carbocycles. The van der Waals surface area contributed by atoms with Crippen molar-refractivity contribution in [1.29, 1.82) is 0 Å². The van der Waals surface area contributed by atoms with Gasteiger partial charge in [0, 0.05) is 25.6 Å². The molecule has 1 rings (SSSR count). The number of amides is 1. The molecule has 16 heavy (non-hydrogen) atoms. The number of rotatable bonds is 3. The highest BCUT2D eigenvalue weighted by molar-refractivity contribution is 5.81. The van der Waals surface area contributed by atoms with Gasteiger partial charge in [-0.2, -0.15) is 0 Å². The minimum Gasteiger partial charge on any atom is -0.378 e. The molecule has 0 heterocycles. The number of hydrogen-bond acceptors (Lipinski definition) is 3. The molecule has 1 aliphatic carbocycles. The summed E-state index contributed by atoms with van der Waals surface area (Å²) in [4.78, 5) is 13.6. The van der Waals surface area contributed by atoms with Crippen molar-refractivity contribution in [3.8, 4) is 0 Å². The normalized spacial score (nSPS) is 34.1. The number of ether oxygens (including phenoxy) is 1. The number of nitrogens with zero attached hydrogens (tertiary/aromatic N) is 1. The average molecular weight is 228 g/mol. The Hall–Kier alpha value is -0.610. The van der Waals surface area contributed by atoms with Gasteiger partial charge in [-0.3, -0.25) is 4.79 Å². The predicted molar refractivity (Wildman–Crippen MR) is 64.0 cm³/mol. The van der Waals surface area contributed by atoms with E-state index in [-0.39, 0.29) is 23.0 Å².